The lowest BCUT2D eigenvalue weighted by Crippen LogP contribution is -2.41. The highest BCUT2D eigenvalue weighted by molar-refractivity contribution is 7.99. The minimum absolute atomic E-state index is 0.0706. The van der Waals surface area contributed by atoms with Gasteiger partial charge in [0, 0.05) is 31.2 Å². The Kier molecular flexibility index (Phi) is 7.26. The number of thioether (sulfide) groups is 1. The zero-order valence-corrected chi connectivity index (χ0v) is 16.6. The molecule has 1 N–H and O–H groups in total. The largest absolute Gasteiger partial charge is 0.355 e. The van der Waals surface area contributed by atoms with Crippen LogP contribution in [0.4, 0.5) is 0 Å². The lowest BCUT2D eigenvalue weighted by atomic mass is 10.1. The SMILES string of the molecule is CCNC(=O)CN(CC)C(=O)CSc1nccn1-c1cc(C)cc(C)c1. The molecule has 26 heavy (non-hydrogen) atoms. The summed E-state index contributed by atoms with van der Waals surface area (Å²) in [6, 6.07) is 6.30. The summed E-state index contributed by atoms with van der Waals surface area (Å²) >= 11 is 1.38. The van der Waals surface area contributed by atoms with E-state index in [9.17, 15) is 9.59 Å². The van der Waals surface area contributed by atoms with Crippen LogP contribution in [-0.2, 0) is 9.59 Å². The van der Waals surface area contributed by atoms with Gasteiger partial charge in [0.15, 0.2) is 5.16 Å². The molecule has 0 radical (unpaired) electrons. The monoisotopic (exact) mass is 374 g/mol. The number of nitrogens with one attached hydrogen (secondary N) is 1. The van der Waals surface area contributed by atoms with Gasteiger partial charge in [-0.2, -0.15) is 0 Å². The van der Waals surface area contributed by atoms with Gasteiger partial charge >= 0.3 is 0 Å². The summed E-state index contributed by atoms with van der Waals surface area (Å²) in [5.74, 6) is 0.0397. The van der Waals surface area contributed by atoms with Crippen LogP contribution in [0.1, 0.15) is 25.0 Å². The minimum atomic E-state index is -0.135. The van der Waals surface area contributed by atoms with Crippen LogP contribution in [0, 0.1) is 13.8 Å². The number of carbonyl (C=O) groups is 2. The maximum absolute atomic E-state index is 12.5. The lowest BCUT2D eigenvalue weighted by Gasteiger charge is -2.20. The highest BCUT2D eigenvalue weighted by Gasteiger charge is 2.17. The Balaban J connectivity index is 2.05. The van der Waals surface area contributed by atoms with Crippen LogP contribution in [0.15, 0.2) is 35.7 Å². The zero-order chi connectivity index (χ0) is 19.1. The van der Waals surface area contributed by atoms with Gasteiger partial charge in [0.1, 0.15) is 0 Å². The van der Waals surface area contributed by atoms with Crippen LogP contribution in [0.2, 0.25) is 0 Å². The minimum Gasteiger partial charge on any atom is -0.355 e. The molecule has 1 heterocycles. The first kappa shape index (κ1) is 20.0. The van der Waals surface area contributed by atoms with Crippen molar-refractivity contribution >= 4 is 23.6 Å². The number of imidazole rings is 1. The van der Waals surface area contributed by atoms with Crippen LogP contribution >= 0.6 is 11.8 Å². The highest BCUT2D eigenvalue weighted by Crippen LogP contribution is 2.22. The van der Waals surface area contributed by atoms with E-state index in [1.807, 2.05) is 24.6 Å². The maximum atomic E-state index is 12.5. The number of rotatable bonds is 8. The second kappa shape index (κ2) is 9.43. The molecule has 0 saturated carbocycles. The smallest absolute Gasteiger partial charge is 0.239 e. The fourth-order valence-corrected chi connectivity index (χ4v) is 3.58. The number of likely N-dealkylation sites (N-methyl/N-ethyl adjacent to an activating group) is 2. The van der Waals surface area contributed by atoms with E-state index in [4.69, 9.17) is 0 Å². The van der Waals surface area contributed by atoms with Crippen molar-refractivity contribution in [3.8, 4) is 5.69 Å². The van der Waals surface area contributed by atoms with Crippen LogP contribution in [-0.4, -0.2) is 51.7 Å². The standard InChI is InChI=1S/C19H26N4O2S/c1-5-20-17(24)12-22(6-2)18(25)13-26-19-21-7-8-23(19)16-10-14(3)9-15(4)11-16/h7-11H,5-6,12-13H2,1-4H3,(H,20,24). The van der Waals surface area contributed by atoms with Crippen LogP contribution in [0.3, 0.4) is 0 Å². The summed E-state index contributed by atoms with van der Waals surface area (Å²) in [6.45, 7) is 9.01. The quantitative estimate of drug-likeness (QED) is 0.721. The summed E-state index contributed by atoms with van der Waals surface area (Å²) in [5.41, 5.74) is 3.39. The second-order valence-electron chi connectivity index (χ2n) is 6.08. The Morgan fingerprint density at radius 3 is 2.50 bits per heavy atom. The number of amides is 2. The average Bonchev–Trinajstić information content (AvgIpc) is 3.05. The first-order valence-corrected chi connectivity index (χ1v) is 9.72. The molecule has 2 amide bonds. The molecule has 0 spiro atoms. The molecule has 0 saturated heterocycles. The molecular formula is C19H26N4O2S. The molecule has 7 heteroatoms. The van der Waals surface area contributed by atoms with E-state index in [0.29, 0.717) is 13.1 Å². The maximum Gasteiger partial charge on any atom is 0.239 e. The van der Waals surface area contributed by atoms with Gasteiger partial charge in [0.25, 0.3) is 0 Å². The van der Waals surface area contributed by atoms with Crippen molar-refractivity contribution in [1.29, 1.82) is 0 Å². The Morgan fingerprint density at radius 1 is 1.19 bits per heavy atom. The van der Waals surface area contributed by atoms with Gasteiger partial charge in [-0.15, -0.1) is 0 Å². The lowest BCUT2D eigenvalue weighted by molar-refractivity contribution is -0.133. The fraction of sp³-hybridized carbons (Fsp3) is 0.421. The summed E-state index contributed by atoms with van der Waals surface area (Å²) in [7, 11) is 0. The van der Waals surface area contributed by atoms with Crippen molar-refractivity contribution in [3.05, 3.63) is 41.7 Å². The summed E-state index contributed by atoms with van der Waals surface area (Å²) in [5, 5.41) is 3.48. The molecule has 1 aromatic carbocycles. The van der Waals surface area contributed by atoms with Gasteiger partial charge in [-0.05, 0) is 51.0 Å². The van der Waals surface area contributed by atoms with Crippen molar-refractivity contribution in [2.45, 2.75) is 32.9 Å². The Hall–Kier alpha value is -2.28. The van der Waals surface area contributed by atoms with E-state index in [1.165, 1.54) is 22.9 Å². The molecule has 0 aliphatic rings. The molecule has 6 nitrogen and oxygen atoms in total. The number of hydrogen-bond donors (Lipinski definition) is 1. The third kappa shape index (κ3) is 5.36. The topological polar surface area (TPSA) is 67.2 Å². The van der Waals surface area contributed by atoms with Crippen LogP contribution in [0.5, 0.6) is 0 Å². The van der Waals surface area contributed by atoms with E-state index in [2.05, 4.69) is 42.3 Å². The van der Waals surface area contributed by atoms with Crippen molar-refractivity contribution in [1.82, 2.24) is 19.8 Å². The number of hydrogen-bond acceptors (Lipinski definition) is 4. The van der Waals surface area contributed by atoms with Gasteiger partial charge in [0.2, 0.25) is 11.8 Å². The van der Waals surface area contributed by atoms with Gasteiger partial charge in [0.05, 0.1) is 12.3 Å². The van der Waals surface area contributed by atoms with E-state index >= 15 is 0 Å². The van der Waals surface area contributed by atoms with Crippen molar-refractivity contribution in [2.75, 3.05) is 25.4 Å². The van der Waals surface area contributed by atoms with Crippen LogP contribution in [0.25, 0.3) is 5.69 Å². The van der Waals surface area contributed by atoms with E-state index in [1.54, 1.807) is 11.1 Å². The number of aromatic nitrogens is 2. The third-order valence-electron chi connectivity index (χ3n) is 3.86. The van der Waals surface area contributed by atoms with Gasteiger partial charge in [-0.1, -0.05) is 17.8 Å². The van der Waals surface area contributed by atoms with Crippen molar-refractivity contribution in [2.24, 2.45) is 0 Å². The summed E-state index contributed by atoms with van der Waals surface area (Å²) in [6.07, 6.45) is 3.63. The number of carbonyl (C=O) groups excluding carboxylic acids is 2. The molecule has 0 aliphatic heterocycles. The first-order chi connectivity index (χ1) is 12.4. The Bertz CT molecular complexity index is 752. The molecule has 2 aromatic rings. The normalized spacial score (nSPS) is 10.6. The predicted octanol–water partition coefficient (Wildman–Crippen LogP) is 2.57. The predicted molar refractivity (Wildman–Crippen MR) is 105 cm³/mol. The second-order valence-corrected chi connectivity index (χ2v) is 7.02. The van der Waals surface area contributed by atoms with E-state index < -0.39 is 0 Å². The molecule has 0 aliphatic carbocycles. The molecule has 1 aromatic heterocycles. The van der Waals surface area contributed by atoms with Crippen molar-refractivity contribution in [3.63, 3.8) is 0 Å². The molecule has 2 rings (SSSR count). The summed E-state index contributed by atoms with van der Waals surface area (Å²) < 4.78 is 1.98. The zero-order valence-electron chi connectivity index (χ0n) is 15.8. The Labute approximate surface area is 159 Å². The van der Waals surface area contributed by atoms with Gasteiger partial charge < -0.3 is 10.2 Å². The van der Waals surface area contributed by atoms with Crippen LogP contribution < -0.4 is 5.32 Å². The number of benzene rings is 1. The number of nitrogens with zero attached hydrogens (tertiary/aromatic N) is 3. The molecule has 0 fully saturated rings. The molecule has 140 valence electrons. The van der Waals surface area contributed by atoms with Gasteiger partial charge in [-0.25, -0.2) is 4.98 Å². The van der Waals surface area contributed by atoms with Crippen molar-refractivity contribution < 1.29 is 9.59 Å². The highest BCUT2D eigenvalue weighted by atomic mass is 32.2. The average molecular weight is 375 g/mol. The number of aryl methyl sites for hydroxylation is 2. The van der Waals surface area contributed by atoms with E-state index in [-0.39, 0.29) is 24.1 Å². The molecule has 0 unspecified atom stereocenters. The van der Waals surface area contributed by atoms with Gasteiger partial charge in [-0.3, -0.25) is 14.2 Å². The first-order valence-electron chi connectivity index (χ1n) is 8.73. The van der Waals surface area contributed by atoms with E-state index in [0.717, 1.165) is 10.8 Å². The fourth-order valence-electron chi connectivity index (χ4n) is 2.70. The molecule has 0 atom stereocenters. The third-order valence-corrected chi connectivity index (χ3v) is 4.81. The molecular weight excluding hydrogens is 348 g/mol. The molecule has 0 bridgehead atoms. The summed E-state index contributed by atoms with van der Waals surface area (Å²) in [4.78, 5) is 30.1. The Morgan fingerprint density at radius 2 is 1.88 bits per heavy atom.